The Bertz CT molecular complexity index is 403. The summed E-state index contributed by atoms with van der Waals surface area (Å²) in [5.41, 5.74) is 14.1. The van der Waals surface area contributed by atoms with Crippen molar-refractivity contribution in [1.29, 1.82) is 0 Å². The molecule has 2 rings (SSSR count). The van der Waals surface area contributed by atoms with Crippen LogP contribution in [0.3, 0.4) is 0 Å². The molecule has 2 aromatic rings. The van der Waals surface area contributed by atoms with E-state index in [9.17, 15) is 0 Å². The summed E-state index contributed by atoms with van der Waals surface area (Å²) >= 11 is 0. The van der Waals surface area contributed by atoms with Crippen LogP contribution in [0.1, 0.15) is 5.69 Å². The van der Waals surface area contributed by atoms with Gasteiger partial charge in [0.1, 0.15) is 0 Å². The summed E-state index contributed by atoms with van der Waals surface area (Å²) in [4.78, 5) is 3.18. The van der Waals surface area contributed by atoms with Gasteiger partial charge in [-0.05, 0) is 18.2 Å². The number of benzene rings is 1. The van der Waals surface area contributed by atoms with Crippen molar-refractivity contribution in [3.63, 3.8) is 0 Å². The fourth-order valence-electron chi connectivity index (χ4n) is 1.35. The minimum atomic E-state index is 0.522. The lowest BCUT2D eigenvalue weighted by Crippen LogP contribution is -1.94. The van der Waals surface area contributed by atoms with Crippen LogP contribution in [0, 0.1) is 0 Å². The van der Waals surface area contributed by atoms with Gasteiger partial charge in [-0.1, -0.05) is 6.07 Å². The molecule has 1 heterocycles. The normalized spacial score (nSPS) is 10.8. The Hall–Kier alpha value is -1.48. The van der Waals surface area contributed by atoms with Crippen LogP contribution in [0.2, 0.25) is 0 Å². The van der Waals surface area contributed by atoms with Crippen LogP contribution in [-0.2, 0) is 6.54 Å². The first kappa shape index (κ1) is 7.18. The number of hydrogen-bond acceptors (Lipinski definition) is 2. The Morgan fingerprint density at radius 1 is 1.33 bits per heavy atom. The highest BCUT2D eigenvalue weighted by Gasteiger charge is 2.00. The topological polar surface area (TPSA) is 67.8 Å². The molecule has 3 nitrogen and oxygen atoms in total. The number of nitrogens with two attached hydrogens (primary N) is 2. The zero-order chi connectivity index (χ0) is 8.55. The van der Waals surface area contributed by atoms with Crippen LogP contribution >= 0.6 is 0 Å². The van der Waals surface area contributed by atoms with Gasteiger partial charge >= 0.3 is 0 Å². The first-order valence-electron chi connectivity index (χ1n) is 3.87. The fraction of sp³-hybridized carbons (Fsp3) is 0.111. The fourth-order valence-corrected chi connectivity index (χ4v) is 1.35. The summed E-state index contributed by atoms with van der Waals surface area (Å²) in [6, 6.07) is 7.79. The van der Waals surface area contributed by atoms with Crippen molar-refractivity contribution in [1.82, 2.24) is 4.98 Å². The SMILES string of the molecule is NCc1cc2c(N)cccc2[nH]1. The molecule has 0 atom stereocenters. The van der Waals surface area contributed by atoms with Crippen LogP contribution in [0.5, 0.6) is 0 Å². The summed E-state index contributed by atoms with van der Waals surface area (Å²) < 4.78 is 0. The van der Waals surface area contributed by atoms with E-state index < -0.39 is 0 Å². The maximum Gasteiger partial charge on any atom is 0.0477 e. The van der Waals surface area contributed by atoms with Gasteiger partial charge in [-0.3, -0.25) is 0 Å². The molecule has 0 saturated carbocycles. The Labute approximate surface area is 70.4 Å². The third kappa shape index (κ3) is 0.950. The Kier molecular flexibility index (Phi) is 1.52. The molecule has 0 fully saturated rings. The monoisotopic (exact) mass is 161 g/mol. The molecule has 0 bridgehead atoms. The first-order chi connectivity index (χ1) is 5.81. The van der Waals surface area contributed by atoms with Crippen LogP contribution in [0.25, 0.3) is 10.9 Å². The minimum absolute atomic E-state index is 0.522. The molecular formula is C9H11N3. The van der Waals surface area contributed by atoms with Crippen molar-refractivity contribution in [2.75, 3.05) is 5.73 Å². The van der Waals surface area contributed by atoms with E-state index in [4.69, 9.17) is 11.5 Å². The number of hydrogen-bond donors (Lipinski definition) is 3. The van der Waals surface area contributed by atoms with Crippen molar-refractivity contribution in [2.24, 2.45) is 5.73 Å². The number of fused-ring (bicyclic) bond motifs is 1. The molecular weight excluding hydrogens is 150 g/mol. The quantitative estimate of drug-likeness (QED) is 0.550. The van der Waals surface area contributed by atoms with Gasteiger partial charge in [0.25, 0.3) is 0 Å². The molecule has 0 spiro atoms. The lowest BCUT2D eigenvalue weighted by atomic mass is 10.2. The molecule has 0 saturated heterocycles. The number of nitrogens with one attached hydrogen (secondary N) is 1. The molecule has 5 N–H and O–H groups in total. The lowest BCUT2D eigenvalue weighted by molar-refractivity contribution is 1.02. The average molecular weight is 161 g/mol. The maximum atomic E-state index is 5.76. The highest BCUT2D eigenvalue weighted by molar-refractivity contribution is 5.91. The van der Waals surface area contributed by atoms with E-state index in [1.54, 1.807) is 0 Å². The third-order valence-corrected chi connectivity index (χ3v) is 1.97. The Morgan fingerprint density at radius 2 is 2.17 bits per heavy atom. The van der Waals surface area contributed by atoms with E-state index in [0.29, 0.717) is 6.54 Å². The van der Waals surface area contributed by atoms with Gasteiger partial charge in [0.05, 0.1) is 0 Å². The molecule has 0 aliphatic carbocycles. The highest BCUT2D eigenvalue weighted by atomic mass is 14.8. The van der Waals surface area contributed by atoms with E-state index in [1.165, 1.54) is 0 Å². The van der Waals surface area contributed by atoms with Crippen molar-refractivity contribution in [2.45, 2.75) is 6.54 Å². The molecule has 62 valence electrons. The minimum Gasteiger partial charge on any atom is -0.398 e. The molecule has 1 aromatic carbocycles. The van der Waals surface area contributed by atoms with E-state index >= 15 is 0 Å². The first-order valence-corrected chi connectivity index (χ1v) is 3.87. The number of anilines is 1. The molecule has 3 heteroatoms. The number of nitrogen functional groups attached to an aromatic ring is 1. The van der Waals surface area contributed by atoms with Crippen molar-refractivity contribution in [3.05, 3.63) is 30.0 Å². The van der Waals surface area contributed by atoms with Crippen molar-refractivity contribution in [3.8, 4) is 0 Å². The Morgan fingerprint density at radius 3 is 2.83 bits per heavy atom. The largest absolute Gasteiger partial charge is 0.398 e. The molecule has 0 unspecified atom stereocenters. The van der Waals surface area contributed by atoms with Gasteiger partial charge in [0.15, 0.2) is 0 Å². The van der Waals surface area contributed by atoms with Gasteiger partial charge < -0.3 is 16.5 Å². The summed E-state index contributed by atoms with van der Waals surface area (Å²) in [7, 11) is 0. The van der Waals surface area contributed by atoms with Crippen LogP contribution in [0.4, 0.5) is 5.69 Å². The van der Waals surface area contributed by atoms with E-state index in [2.05, 4.69) is 4.98 Å². The predicted molar refractivity (Wildman–Crippen MR) is 50.6 cm³/mol. The number of aromatic amines is 1. The lowest BCUT2D eigenvalue weighted by Gasteiger charge is -1.92. The zero-order valence-electron chi connectivity index (χ0n) is 6.67. The summed E-state index contributed by atoms with van der Waals surface area (Å²) in [6.07, 6.45) is 0. The second-order valence-corrected chi connectivity index (χ2v) is 2.81. The zero-order valence-corrected chi connectivity index (χ0v) is 6.67. The standard InChI is InChI=1S/C9H11N3/c10-5-6-4-7-8(11)2-1-3-9(7)12-6/h1-4,12H,5,10-11H2. The summed E-state index contributed by atoms with van der Waals surface area (Å²) in [6.45, 7) is 0.522. The maximum absolute atomic E-state index is 5.76. The van der Waals surface area contributed by atoms with Crippen molar-refractivity contribution < 1.29 is 0 Å². The second-order valence-electron chi connectivity index (χ2n) is 2.81. The van der Waals surface area contributed by atoms with E-state index in [1.807, 2.05) is 24.3 Å². The second kappa shape index (κ2) is 2.53. The molecule has 12 heavy (non-hydrogen) atoms. The smallest absolute Gasteiger partial charge is 0.0477 e. The van der Waals surface area contributed by atoms with Crippen LogP contribution in [-0.4, -0.2) is 4.98 Å². The number of H-pyrrole nitrogens is 1. The van der Waals surface area contributed by atoms with E-state index in [-0.39, 0.29) is 0 Å². The van der Waals surface area contributed by atoms with Gasteiger partial charge in [-0.15, -0.1) is 0 Å². The molecule has 1 aromatic heterocycles. The summed E-state index contributed by atoms with van der Waals surface area (Å²) in [5.74, 6) is 0. The summed E-state index contributed by atoms with van der Waals surface area (Å²) in [5, 5.41) is 1.05. The van der Waals surface area contributed by atoms with Crippen LogP contribution in [0.15, 0.2) is 24.3 Å². The molecule has 0 amide bonds. The van der Waals surface area contributed by atoms with Gasteiger partial charge in [0.2, 0.25) is 0 Å². The van der Waals surface area contributed by atoms with Gasteiger partial charge in [-0.25, -0.2) is 0 Å². The van der Waals surface area contributed by atoms with Gasteiger partial charge in [0, 0.05) is 28.8 Å². The average Bonchev–Trinajstić information content (AvgIpc) is 2.49. The number of rotatable bonds is 1. The third-order valence-electron chi connectivity index (χ3n) is 1.97. The Balaban J connectivity index is 2.74. The van der Waals surface area contributed by atoms with Crippen LogP contribution < -0.4 is 11.5 Å². The highest BCUT2D eigenvalue weighted by Crippen LogP contribution is 2.20. The molecule has 0 aliphatic rings. The van der Waals surface area contributed by atoms with Crippen molar-refractivity contribution >= 4 is 16.6 Å². The van der Waals surface area contributed by atoms with E-state index in [0.717, 1.165) is 22.3 Å². The predicted octanol–water partition coefficient (Wildman–Crippen LogP) is 1.21. The molecule has 0 aliphatic heterocycles. The molecule has 0 radical (unpaired) electrons. The number of aromatic nitrogens is 1. The van der Waals surface area contributed by atoms with Gasteiger partial charge in [-0.2, -0.15) is 0 Å².